The first-order chi connectivity index (χ1) is 14.6. The number of nitrogens with zero attached hydrogens (tertiary/aromatic N) is 2. The molecular weight excluding hydrogens is 376 g/mol. The lowest BCUT2D eigenvalue weighted by molar-refractivity contribution is 0.0923. The van der Waals surface area contributed by atoms with Gasteiger partial charge in [0, 0.05) is 43.9 Å². The summed E-state index contributed by atoms with van der Waals surface area (Å²) in [6.07, 6.45) is 11.3. The van der Waals surface area contributed by atoms with Gasteiger partial charge >= 0.3 is 6.03 Å². The highest BCUT2D eigenvalue weighted by Gasteiger charge is 2.23. The Morgan fingerprint density at radius 2 is 2.03 bits per heavy atom. The van der Waals surface area contributed by atoms with E-state index in [0.717, 1.165) is 54.4 Å². The summed E-state index contributed by atoms with van der Waals surface area (Å²) in [6, 6.07) is 7.57. The zero-order valence-corrected chi connectivity index (χ0v) is 17.9. The number of urea groups is 1. The van der Waals surface area contributed by atoms with Crippen molar-refractivity contribution < 1.29 is 9.53 Å². The predicted molar refractivity (Wildman–Crippen MR) is 120 cm³/mol. The van der Waals surface area contributed by atoms with Gasteiger partial charge in [-0.1, -0.05) is 20.3 Å². The summed E-state index contributed by atoms with van der Waals surface area (Å²) in [5, 5.41) is 6.02. The lowest BCUT2D eigenvalue weighted by Gasteiger charge is -2.33. The van der Waals surface area contributed by atoms with E-state index in [4.69, 9.17) is 4.74 Å². The maximum atomic E-state index is 12.6. The molecule has 1 aromatic rings. The minimum Gasteiger partial charge on any atom is -0.490 e. The van der Waals surface area contributed by atoms with Gasteiger partial charge in [0.1, 0.15) is 11.9 Å². The molecular formula is C24H32N4O2. The number of benzene rings is 1. The van der Waals surface area contributed by atoms with Gasteiger partial charge in [-0.3, -0.25) is 4.90 Å². The Balaban J connectivity index is 1.24. The van der Waals surface area contributed by atoms with E-state index in [1.54, 1.807) is 4.90 Å². The molecule has 1 aromatic carbocycles. The van der Waals surface area contributed by atoms with Crippen molar-refractivity contribution in [3.63, 3.8) is 0 Å². The van der Waals surface area contributed by atoms with Gasteiger partial charge in [-0.05, 0) is 60.2 Å². The Labute approximate surface area is 179 Å². The molecule has 0 saturated carbocycles. The normalized spacial score (nSPS) is 20.1. The van der Waals surface area contributed by atoms with Gasteiger partial charge in [0.15, 0.2) is 0 Å². The third-order valence-electron chi connectivity index (χ3n) is 6.09. The third kappa shape index (κ3) is 5.05. The number of amides is 2. The van der Waals surface area contributed by atoms with Crippen LogP contribution in [0.5, 0.6) is 5.75 Å². The summed E-state index contributed by atoms with van der Waals surface area (Å²) >= 11 is 0. The number of hydrogen-bond acceptors (Lipinski definition) is 4. The fourth-order valence-corrected chi connectivity index (χ4v) is 4.05. The lowest BCUT2D eigenvalue weighted by atomic mass is 10.0. The summed E-state index contributed by atoms with van der Waals surface area (Å²) in [5.74, 6) is 1.62. The van der Waals surface area contributed by atoms with Crippen LogP contribution in [0.25, 0.3) is 0 Å². The number of rotatable bonds is 6. The molecule has 3 heterocycles. The number of dihydropyridines is 1. The number of hydrogen-bond donors (Lipinski definition) is 2. The average molecular weight is 409 g/mol. The van der Waals surface area contributed by atoms with Gasteiger partial charge in [0.05, 0.1) is 6.54 Å². The molecule has 0 bridgehead atoms. The van der Waals surface area contributed by atoms with E-state index in [1.807, 2.05) is 48.9 Å². The highest BCUT2D eigenvalue weighted by molar-refractivity contribution is 5.91. The molecule has 0 aromatic heterocycles. The molecule has 3 aliphatic heterocycles. The Morgan fingerprint density at radius 1 is 1.27 bits per heavy atom. The molecule has 4 rings (SSSR count). The molecule has 6 nitrogen and oxygen atoms in total. The number of allylic oxidation sites excluding steroid dienone is 1. The van der Waals surface area contributed by atoms with Crippen LogP contribution in [0.1, 0.15) is 33.1 Å². The Kier molecular flexibility index (Phi) is 6.43. The van der Waals surface area contributed by atoms with E-state index in [9.17, 15) is 4.79 Å². The fourth-order valence-electron chi connectivity index (χ4n) is 4.05. The molecule has 1 saturated heterocycles. The summed E-state index contributed by atoms with van der Waals surface area (Å²) in [4.78, 5) is 16.8. The van der Waals surface area contributed by atoms with E-state index in [1.165, 1.54) is 13.0 Å². The maximum Gasteiger partial charge on any atom is 0.326 e. The number of ether oxygens (including phenoxy) is 1. The number of carbonyl (C=O) groups is 1. The molecule has 1 fully saturated rings. The lowest BCUT2D eigenvalue weighted by Crippen LogP contribution is -2.40. The van der Waals surface area contributed by atoms with Crippen LogP contribution in [0.4, 0.5) is 10.5 Å². The Morgan fingerprint density at radius 3 is 2.73 bits per heavy atom. The van der Waals surface area contributed by atoms with Crippen LogP contribution in [-0.4, -0.2) is 48.1 Å². The van der Waals surface area contributed by atoms with Crippen molar-refractivity contribution in [2.45, 2.75) is 39.2 Å². The van der Waals surface area contributed by atoms with E-state index in [0.29, 0.717) is 6.54 Å². The van der Waals surface area contributed by atoms with Gasteiger partial charge in [0.25, 0.3) is 0 Å². The molecule has 30 heavy (non-hydrogen) atoms. The van der Waals surface area contributed by atoms with Crippen LogP contribution < -0.4 is 15.4 Å². The van der Waals surface area contributed by atoms with E-state index in [2.05, 4.69) is 29.4 Å². The summed E-state index contributed by atoms with van der Waals surface area (Å²) in [7, 11) is 0. The first kappa shape index (κ1) is 20.5. The molecule has 2 N–H and O–H groups in total. The van der Waals surface area contributed by atoms with Crippen LogP contribution in [0.15, 0.2) is 60.1 Å². The minimum atomic E-state index is -0.131. The van der Waals surface area contributed by atoms with Crippen LogP contribution in [0.3, 0.4) is 0 Å². The van der Waals surface area contributed by atoms with Crippen LogP contribution >= 0.6 is 0 Å². The van der Waals surface area contributed by atoms with Crippen molar-refractivity contribution >= 4 is 11.7 Å². The molecule has 2 amide bonds. The highest BCUT2D eigenvalue weighted by Crippen LogP contribution is 2.25. The second-order valence-electron chi connectivity index (χ2n) is 8.47. The summed E-state index contributed by atoms with van der Waals surface area (Å²) in [6.45, 7) is 8.56. The molecule has 0 radical (unpaired) electrons. The Hall–Kier alpha value is -2.73. The van der Waals surface area contributed by atoms with E-state index in [-0.39, 0.29) is 12.1 Å². The molecule has 1 unspecified atom stereocenters. The molecule has 0 spiro atoms. The zero-order chi connectivity index (χ0) is 20.9. The third-order valence-corrected chi connectivity index (χ3v) is 6.09. The number of fused-ring (bicyclic) bond motifs is 1. The van der Waals surface area contributed by atoms with Gasteiger partial charge in [-0.2, -0.15) is 0 Å². The van der Waals surface area contributed by atoms with E-state index >= 15 is 0 Å². The minimum absolute atomic E-state index is 0.131. The van der Waals surface area contributed by atoms with Crippen molar-refractivity contribution in [1.82, 2.24) is 15.1 Å². The number of likely N-dealkylation sites (tertiary alicyclic amines) is 1. The topological polar surface area (TPSA) is 56.8 Å². The maximum absolute atomic E-state index is 12.6. The van der Waals surface area contributed by atoms with Gasteiger partial charge in [-0.15, -0.1) is 0 Å². The van der Waals surface area contributed by atoms with Gasteiger partial charge < -0.3 is 20.3 Å². The largest absolute Gasteiger partial charge is 0.490 e. The van der Waals surface area contributed by atoms with Crippen molar-refractivity contribution in [2.24, 2.45) is 5.92 Å². The first-order valence-electron chi connectivity index (χ1n) is 11.0. The van der Waals surface area contributed by atoms with Gasteiger partial charge in [0.2, 0.25) is 0 Å². The van der Waals surface area contributed by atoms with Gasteiger partial charge in [-0.25, -0.2) is 4.79 Å². The molecule has 0 aliphatic carbocycles. The van der Waals surface area contributed by atoms with Crippen molar-refractivity contribution in [3.05, 3.63) is 60.1 Å². The monoisotopic (exact) mass is 408 g/mol. The number of carbonyl (C=O) groups excluding carboxylic acids is 1. The fraction of sp³-hybridized carbons (Fsp3) is 0.458. The number of piperidine rings is 1. The van der Waals surface area contributed by atoms with Crippen LogP contribution in [0.2, 0.25) is 0 Å². The highest BCUT2D eigenvalue weighted by atomic mass is 16.5. The number of nitrogens with one attached hydrogen (secondary N) is 2. The predicted octanol–water partition coefficient (Wildman–Crippen LogP) is 4.31. The van der Waals surface area contributed by atoms with Crippen molar-refractivity contribution in [3.8, 4) is 5.75 Å². The zero-order valence-electron chi connectivity index (χ0n) is 17.9. The summed E-state index contributed by atoms with van der Waals surface area (Å²) in [5.41, 5.74) is 2.96. The van der Waals surface area contributed by atoms with Crippen molar-refractivity contribution in [1.29, 1.82) is 0 Å². The first-order valence-corrected chi connectivity index (χ1v) is 11.0. The smallest absolute Gasteiger partial charge is 0.326 e. The van der Waals surface area contributed by atoms with E-state index < -0.39 is 0 Å². The van der Waals surface area contributed by atoms with Crippen LogP contribution in [-0.2, 0) is 0 Å². The van der Waals surface area contributed by atoms with Crippen molar-refractivity contribution in [2.75, 3.05) is 31.5 Å². The number of anilines is 1. The summed E-state index contributed by atoms with van der Waals surface area (Å²) < 4.78 is 6.18. The molecule has 3 aliphatic rings. The standard InChI is InChI=1S/C24H32N4O2/c1-3-18(2)15-27-12-9-23(10-13-27)30-22-6-4-21(5-7-22)26-24(29)28-16-19-8-11-25-14-20(19)17-28/h4-8,11,14,16,18,23,25H,3,9-10,12-13,15,17H2,1-2H3,(H,26,29). The molecule has 160 valence electrons. The second-order valence-corrected chi connectivity index (χ2v) is 8.47. The average Bonchev–Trinajstić information content (AvgIpc) is 3.21. The molecule has 6 heteroatoms. The molecule has 1 atom stereocenters. The second kappa shape index (κ2) is 9.39. The van der Waals surface area contributed by atoms with Crippen LogP contribution in [0, 0.1) is 5.92 Å². The SMILES string of the molecule is CCC(C)CN1CCC(Oc2ccc(NC(=O)N3C=C4C=CNC=C4C3)cc2)CC1. The Bertz CT molecular complexity index is 835. The quantitative estimate of drug-likeness (QED) is 0.737.